The van der Waals surface area contributed by atoms with Gasteiger partial charge in [-0.05, 0) is 44.9 Å². The monoisotopic (exact) mass is 307 g/mol. The third-order valence-corrected chi connectivity index (χ3v) is 3.57. The fourth-order valence-corrected chi connectivity index (χ4v) is 2.48. The Bertz CT molecular complexity index is 548. The highest BCUT2D eigenvalue weighted by Crippen LogP contribution is 2.20. The van der Waals surface area contributed by atoms with Gasteiger partial charge in [-0.3, -0.25) is 4.79 Å². The minimum Gasteiger partial charge on any atom is -0.444 e. The van der Waals surface area contributed by atoms with Crippen LogP contribution >= 0.6 is 0 Å². The van der Waals surface area contributed by atoms with E-state index in [0.29, 0.717) is 25.9 Å². The fourth-order valence-electron chi connectivity index (χ4n) is 2.48. The molecular formula is C17H22FNO3. The van der Waals surface area contributed by atoms with Gasteiger partial charge < -0.3 is 9.64 Å². The molecule has 1 atom stereocenters. The van der Waals surface area contributed by atoms with Crippen LogP contribution in [0, 0.1) is 11.7 Å². The lowest BCUT2D eigenvalue weighted by molar-refractivity contribution is -0.125. The van der Waals surface area contributed by atoms with Gasteiger partial charge in [-0.1, -0.05) is 12.1 Å². The minimum absolute atomic E-state index is 0.143. The maximum atomic E-state index is 12.9. The average Bonchev–Trinajstić information content (AvgIpc) is 2.41. The summed E-state index contributed by atoms with van der Waals surface area (Å²) in [6, 6.07) is 6.12. The van der Waals surface area contributed by atoms with Gasteiger partial charge in [-0.2, -0.15) is 0 Å². The van der Waals surface area contributed by atoms with Crippen molar-refractivity contribution in [3.63, 3.8) is 0 Å². The Balaban J connectivity index is 2.00. The van der Waals surface area contributed by atoms with E-state index < -0.39 is 5.60 Å². The van der Waals surface area contributed by atoms with E-state index in [1.54, 1.807) is 17.0 Å². The molecule has 0 saturated carbocycles. The number of carbonyl (C=O) groups is 2. The molecule has 1 heterocycles. The number of hydrogen-bond acceptors (Lipinski definition) is 3. The number of hydrogen-bond donors (Lipinski definition) is 0. The first kappa shape index (κ1) is 16.5. The van der Waals surface area contributed by atoms with Crippen LogP contribution in [0.4, 0.5) is 9.18 Å². The van der Waals surface area contributed by atoms with Crippen molar-refractivity contribution in [2.45, 2.75) is 39.2 Å². The second-order valence-electron chi connectivity index (χ2n) is 6.67. The van der Waals surface area contributed by atoms with Crippen LogP contribution in [0.5, 0.6) is 0 Å². The molecule has 0 unspecified atom stereocenters. The Morgan fingerprint density at radius 2 is 1.95 bits per heavy atom. The lowest BCUT2D eigenvalue weighted by Crippen LogP contribution is -2.46. The second-order valence-corrected chi connectivity index (χ2v) is 6.67. The number of Topliss-reactive ketones (excluding diaryl/α,β-unsaturated/α-hetero) is 1. The first-order valence-corrected chi connectivity index (χ1v) is 7.50. The maximum Gasteiger partial charge on any atom is 0.410 e. The van der Waals surface area contributed by atoms with Crippen LogP contribution in [-0.2, 0) is 16.0 Å². The minimum atomic E-state index is -0.551. The van der Waals surface area contributed by atoms with E-state index in [4.69, 9.17) is 4.74 Å². The van der Waals surface area contributed by atoms with E-state index in [1.165, 1.54) is 12.1 Å². The summed E-state index contributed by atoms with van der Waals surface area (Å²) < 4.78 is 18.3. The zero-order valence-electron chi connectivity index (χ0n) is 13.3. The molecule has 2 rings (SSSR count). The van der Waals surface area contributed by atoms with Crippen LogP contribution in [0.1, 0.15) is 32.8 Å². The lowest BCUT2D eigenvalue weighted by atomic mass is 9.90. The van der Waals surface area contributed by atoms with E-state index >= 15 is 0 Å². The van der Waals surface area contributed by atoms with Crippen molar-refractivity contribution >= 4 is 11.9 Å². The largest absolute Gasteiger partial charge is 0.444 e. The van der Waals surface area contributed by atoms with Crippen molar-refractivity contribution in [2.24, 2.45) is 5.92 Å². The highest BCUT2D eigenvalue weighted by molar-refractivity contribution is 5.84. The maximum absolute atomic E-state index is 12.9. The summed E-state index contributed by atoms with van der Waals surface area (Å²) in [7, 11) is 0. The second kappa shape index (κ2) is 6.46. The molecule has 1 aromatic rings. The Hall–Kier alpha value is -1.91. The van der Waals surface area contributed by atoms with Crippen molar-refractivity contribution in [2.75, 3.05) is 13.1 Å². The zero-order valence-corrected chi connectivity index (χ0v) is 13.3. The summed E-state index contributed by atoms with van der Waals surface area (Å²) >= 11 is 0. The topological polar surface area (TPSA) is 46.6 Å². The first-order chi connectivity index (χ1) is 10.2. The number of amides is 1. The third kappa shape index (κ3) is 4.55. The van der Waals surface area contributed by atoms with Gasteiger partial charge in [0.2, 0.25) is 0 Å². The van der Waals surface area contributed by atoms with Crippen molar-refractivity contribution in [1.82, 2.24) is 4.90 Å². The molecular weight excluding hydrogens is 285 g/mol. The molecule has 0 aromatic heterocycles. The van der Waals surface area contributed by atoms with Gasteiger partial charge in [0, 0.05) is 25.4 Å². The molecule has 1 aliphatic rings. The standard InChI is InChI=1S/C17H22FNO3/c1-17(2,3)22-16(21)19-9-8-15(20)13(11-19)10-12-4-6-14(18)7-5-12/h4-7,13H,8-11H2,1-3H3/t13-/m0/s1. The summed E-state index contributed by atoms with van der Waals surface area (Å²) in [4.78, 5) is 25.8. The van der Waals surface area contributed by atoms with E-state index in [-0.39, 0.29) is 23.6 Å². The van der Waals surface area contributed by atoms with Gasteiger partial charge >= 0.3 is 6.09 Å². The smallest absolute Gasteiger partial charge is 0.410 e. The normalized spacial score (nSPS) is 19.2. The number of carbonyl (C=O) groups excluding carboxylic acids is 2. The third-order valence-electron chi connectivity index (χ3n) is 3.57. The average molecular weight is 307 g/mol. The zero-order chi connectivity index (χ0) is 16.3. The molecule has 4 nitrogen and oxygen atoms in total. The van der Waals surface area contributed by atoms with Crippen LogP contribution in [0.25, 0.3) is 0 Å². The Morgan fingerprint density at radius 3 is 2.55 bits per heavy atom. The van der Waals surface area contributed by atoms with Gasteiger partial charge in [-0.15, -0.1) is 0 Å². The molecule has 1 fully saturated rings. The lowest BCUT2D eigenvalue weighted by Gasteiger charge is -2.33. The Labute approximate surface area is 130 Å². The summed E-state index contributed by atoms with van der Waals surface area (Å²) in [6.07, 6.45) is 0.466. The van der Waals surface area contributed by atoms with E-state index in [0.717, 1.165) is 5.56 Å². The number of ether oxygens (including phenoxy) is 1. The van der Waals surface area contributed by atoms with E-state index in [1.807, 2.05) is 20.8 Å². The van der Waals surface area contributed by atoms with Crippen LogP contribution in [0.15, 0.2) is 24.3 Å². The molecule has 0 N–H and O–H groups in total. The quantitative estimate of drug-likeness (QED) is 0.843. The number of rotatable bonds is 2. The van der Waals surface area contributed by atoms with Crippen molar-refractivity contribution in [1.29, 1.82) is 0 Å². The predicted octanol–water partition coefficient (Wildman–Crippen LogP) is 3.19. The molecule has 1 saturated heterocycles. The Morgan fingerprint density at radius 1 is 1.32 bits per heavy atom. The van der Waals surface area contributed by atoms with Gasteiger partial charge in [-0.25, -0.2) is 9.18 Å². The highest BCUT2D eigenvalue weighted by atomic mass is 19.1. The van der Waals surface area contributed by atoms with Crippen LogP contribution in [-0.4, -0.2) is 35.5 Å². The molecule has 0 bridgehead atoms. The fraction of sp³-hybridized carbons (Fsp3) is 0.529. The number of halogens is 1. The van der Waals surface area contributed by atoms with Crippen LogP contribution in [0.3, 0.4) is 0 Å². The molecule has 1 amide bonds. The van der Waals surface area contributed by atoms with Crippen LogP contribution < -0.4 is 0 Å². The molecule has 0 aliphatic carbocycles. The van der Waals surface area contributed by atoms with Crippen LogP contribution in [0.2, 0.25) is 0 Å². The van der Waals surface area contributed by atoms with E-state index in [9.17, 15) is 14.0 Å². The number of ketones is 1. The van der Waals surface area contributed by atoms with E-state index in [2.05, 4.69) is 0 Å². The number of likely N-dealkylation sites (tertiary alicyclic amines) is 1. The van der Waals surface area contributed by atoms with Gasteiger partial charge in [0.05, 0.1) is 0 Å². The van der Waals surface area contributed by atoms with Crippen molar-refractivity contribution in [3.05, 3.63) is 35.6 Å². The van der Waals surface area contributed by atoms with Gasteiger partial charge in [0.15, 0.2) is 0 Å². The summed E-state index contributed by atoms with van der Waals surface area (Å²) in [6.45, 7) is 6.20. The summed E-state index contributed by atoms with van der Waals surface area (Å²) in [5.41, 5.74) is 0.344. The molecule has 5 heteroatoms. The predicted molar refractivity (Wildman–Crippen MR) is 81.0 cm³/mol. The molecule has 120 valence electrons. The molecule has 0 radical (unpaired) electrons. The SMILES string of the molecule is CC(C)(C)OC(=O)N1CCC(=O)[C@@H](Cc2ccc(F)cc2)C1. The molecule has 0 spiro atoms. The first-order valence-electron chi connectivity index (χ1n) is 7.50. The van der Waals surface area contributed by atoms with Gasteiger partial charge in [0.25, 0.3) is 0 Å². The summed E-state index contributed by atoms with van der Waals surface area (Å²) in [5.74, 6) is -0.412. The molecule has 1 aliphatic heterocycles. The Kier molecular flexibility index (Phi) is 4.84. The number of benzene rings is 1. The molecule has 1 aromatic carbocycles. The van der Waals surface area contributed by atoms with Crippen molar-refractivity contribution < 1.29 is 18.7 Å². The summed E-state index contributed by atoms with van der Waals surface area (Å²) in [5, 5.41) is 0. The van der Waals surface area contributed by atoms with Gasteiger partial charge in [0.1, 0.15) is 17.2 Å². The van der Waals surface area contributed by atoms with Crippen molar-refractivity contribution in [3.8, 4) is 0 Å². The molecule has 22 heavy (non-hydrogen) atoms. The number of nitrogens with zero attached hydrogens (tertiary/aromatic N) is 1. The highest BCUT2D eigenvalue weighted by Gasteiger charge is 2.32. The number of piperidine rings is 1.